The maximum absolute atomic E-state index is 11.0. The minimum atomic E-state index is -0.884. The van der Waals surface area contributed by atoms with Crippen LogP contribution in [-0.2, 0) is 11.3 Å². The molecule has 3 heteroatoms. The molecule has 2 rings (SSSR count). The highest BCUT2D eigenvalue weighted by Crippen LogP contribution is 2.22. The second-order valence-corrected chi connectivity index (χ2v) is 4.18. The molecule has 1 aliphatic rings. The molecule has 1 aromatic carbocycles. The van der Waals surface area contributed by atoms with Crippen molar-refractivity contribution in [1.82, 2.24) is 0 Å². The Hall–Kier alpha value is -1.35. The summed E-state index contributed by atoms with van der Waals surface area (Å²) in [5, 5.41) is 9.00. The number of hydrogen-bond donors (Lipinski definition) is 1. The zero-order valence-electron chi connectivity index (χ0n) is 9.19. The first-order valence-corrected chi connectivity index (χ1v) is 5.70. The van der Waals surface area contributed by atoms with Crippen LogP contribution < -0.4 is 0 Å². The van der Waals surface area contributed by atoms with Gasteiger partial charge in [-0.25, -0.2) is 4.79 Å². The Bertz CT molecular complexity index is 367. The van der Waals surface area contributed by atoms with Crippen LogP contribution in [0, 0.1) is 0 Å². The molecule has 1 N–H and O–H groups in total. The van der Waals surface area contributed by atoms with E-state index in [1.165, 1.54) is 12.8 Å². The molecule has 0 aliphatic heterocycles. The van der Waals surface area contributed by atoms with Gasteiger partial charge in [-0.05, 0) is 24.5 Å². The molecule has 1 fully saturated rings. The summed E-state index contributed by atoms with van der Waals surface area (Å²) in [4.78, 5) is 11.0. The molecular weight excluding hydrogens is 204 g/mol. The maximum Gasteiger partial charge on any atom is 0.336 e. The summed E-state index contributed by atoms with van der Waals surface area (Å²) in [6.07, 6.45) is 4.99. The van der Waals surface area contributed by atoms with Gasteiger partial charge >= 0.3 is 5.97 Å². The molecule has 0 unspecified atom stereocenters. The highest BCUT2D eigenvalue weighted by Gasteiger charge is 2.16. The summed E-state index contributed by atoms with van der Waals surface area (Å²) in [5.41, 5.74) is 1.11. The fraction of sp³-hybridized carbons (Fsp3) is 0.462. The van der Waals surface area contributed by atoms with Gasteiger partial charge in [0.25, 0.3) is 0 Å². The largest absolute Gasteiger partial charge is 0.478 e. The first-order chi connectivity index (χ1) is 7.77. The number of benzene rings is 1. The van der Waals surface area contributed by atoms with Crippen LogP contribution in [-0.4, -0.2) is 17.2 Å². The third-order valence-electron chi connectivity index (χ3n) is 3.02. The van der Waals surface area contributed by atoms with E-state index in [4.69, 9.17) is 9.84 Å². The summed E-state index contributed by atoms with van der Waals surface area (Å²) in [5.74, 6) is -0.884. The van der Waals surface area contributed by atoms with E-state index in [1.54, 1.807) is 12.1 Å². The second kappa shape index (κ2) is 5.12. The number of carbonyl (C=O) groups is 1. The molecule has 0 bridgehead atoms. The minimum absolute atomic E-state index is 0.321. The van der Waals surface area contributed by atoms with Crippen molar-refractivity contribution in [3.63, 3.8) is 0 Å². The van der Waals surface area contributed by atoms with Crippen molar-refractivity contribution in [3.05, 3.63) is 35.4 Å². The van der Waals surface area contributed by atoms with Gasteiger partial charge in [0.05, 0.1) is 18.3 Å². The topological polar surface area (TPSA) is 46.5 Å². The fourth-order valence-corrected chi connectivity index (χ4v) is 2.12. The molecule has 1 aromatic rings. The van der Waals surface area contributed by atoms with Crippen LogP contribution in [0.3, 0.4) is 0 Å². The predicted octanol–water partition coefficient (Wildman–Crippen LogP) is 2.84. The van der Waals surface area contributed by atoms with Crippen molar-refractivity contribution < 1.29 is 14.6 Å². The monoisotopic (exact) mass is 220 g/mol. The molecular formula is C13H16O3. The summed E-state index contributed by atoms with van der Waals surface area (Å²) >= 11 is 0. The van der Waals surface area contributed by atoms with E-state index in [0.29, 0.717) is 18.3 Å². The summed E-state index contributed by atoms with van der Waals surface area (Å²) in [7, 11) is 0. The van der Waals surface area contributed by atoms with Crippen LogP contribution in [0.4, 0.5) is 0 Å². The maximum atomic E-state index is 11.0. The Morgan fingerprint density at radius 3 is 2.69 bits per heavy atom. The van der Waals surface area contributed by atoms with Gasteiger partial charge < -0.3 is 9.84 Å². The first kappa shape index (κ1) is 11.1. The first-order valence-electron chi connectivity index (χ1n) is 5.70. The van der Waals surface area contributed by atoms with Crippen LogP contribution in [0.5, 0.6) is 0 Å². The smallest absolute Gasteiger partial charge is 0.336 e. The molecule has 0 spiro atoms. The summed E-state index contributed by atoms with van der Waals surface area (Å²) in [6.45, 7) is 0.410. The normalized spacial score (nSPS) is 16.5. The van der Waals surface area contributed by atoms with Gasteiger partial charge in [-0.2, -0.15) is 0 Å². The van der Waals surface area contributed by atoms with E-state index in [2.05, 4.69) is 0 Å². The third-order valence-corrected chi connectivity index (χ3v) is 3.02. The van der Waals surface area contributed by atoms with Gasteiger partial charge in [0.15, 0.2) is 0 Å². The molecule has 16 heavy (non-hydrogen) atoms. The molecule has 1 saturated carbocycles. The number of ether oxygens (including phenoxy) is 1. The van der Waals surface area contributed by atoms with Gasteiger partial charge in [-0.3, -0.25) is 0 Å². The average molecular weight is 220 g/mol. The van der Waals surface area contributed by atoms with Crippen molar-refractivity contribution in [2.75, 3.05) is 0 Å². The highest BCUT2D eigenvalue weighted by molar-refractivity contribution is 5.89. The highest BCUT2D eigenvalue weighted by atomic mass is 16.5. The SMILES string of the molecule is O=C(O)c1ccccc1COC1CCCC1. The van der Waals surface area contributed by atoms with Gasteiger partial charge in [-0.1, -0.05) is 31.0 Å². The molecule has 0 saturated heterocycles. The number of hydrogen-bond acceptors (Lipinski definition) is 2. The summed E-state index contributed by atoms with van der Waals surface area (Å²) < 4.78 is 5.72. The molecule has 0 heterocycles. The van der Waals surface area contributed by atoms with Crippen molar-refractivity contribution in [2.45, 2.75) is 38.4 Å². The Labute approximate surface area is 95.0 Å². The summed E-state index contributed by atoms with van der Waals surface area (Å²) in [6, 6.07) is 7.02. The Kier molecular flexibility index (Phi) is 3.57. The molecule has 0 aromatic heterocycles. The number of aromatic carboxylic acids is 1. The van der Waals surface area contributed by atoms with Crippen molar-refractivity contribution in [3.8, 4) is 0 Å². The van der Waals surface area contributed by atoms with Crippen LogP contribution in [0.15, 0.2) is 24.3 Å². The lowest BCUT2D eigenvalue weighted by atomic mass is 10.1. The lowest BCUT2D eigenvalue weighted by molar-refractivity contribution is 0.0440. The number of rotatable bonds is 4. The van der Waals surface area contributed by atoms with Crippen LogP contribution in [0.25, 0.3) is 0 Å². The number of carboxylic acid groups (broad SMARTS) is 1. The molecule has 1 aliphatic carbocycles. The number of carboxylic acids is 1. The fourth-order valence-electron chi connectivity index (χ4n) is 2.12. The molecule has 0 atom stereocenters. The predicted molar refractivity (Wildman–Crippen MR) is 60.4 cm³/mol. The van der Waals surface area contributed by atoms with Gasteiger partial charge in [-0.15, -0.1) is 0 Å². The Balaban J connectivity index is 2.00. The van der Waals surface area contributed by atoms with E-state index in [-0.39, 0.29) is 0 Å². The standard InChI is InChI=1S/C13H16O3/c14-13(15)12-8-4-1-5-10(12)9-16-11-6-2-3-7-11/h1,4-5,8,11H,2-3,6-7,9H2,(H,14,15). The minimum Gasteiger partial charge on any atom is -0.478 e. The van der Waals surface area contributed by atoms with Gasteiger partial charge in [0, 0.05) is 0 Å². The molecule has 3 nitrogen and oxygen atoms in total. The molecule has 86 valence electrons. The van der Waals surface area contributed by atoms with Crippen LogP contribution in [0.1, 0.15) is 41.6 Å². The van der Waals surface area contributed by atoms with Crippen LogP contribution >= 0.6 is 0 Å². The Morgan fingerprint density at radius 2 is 2.00 bits per heavy atom. The van der Waals surface area contributed by atoms with Crippen molar-refractivity contribution >= 4 is 5.97 Å². The lowest BCUT2D eigenvalue weighted by Gasteiger charge is -2.12. The zero-order chi connectivity index (χ0) is 11.4. The van der Waals surface area contributed by atoms with Gasteiger partial charge in [0.1, 0.15) is 0 Å². The van der Waals surface area contributed by atoms with Crippen LogP contribution in [0.2, 0.25) is 0 Å². The Morgan fingerprint density at radius 1 is 1.31 bits per heavy atom. The van der Waals surface area contributed by atoms with E-state index in [0.717, 1.165) is 18.4 Å². The van der Waals surface area contributed by atoms with Crippen molar-refractivity contribution in [2.24, 2.45) is 0 Å². The second-order valence-electron chi connectivity index (χ2n) is 4.18. The van der Waals surface area contributed by atoms with E-state index >= 15 is 0 Å². The third kappa shape index (κ3) is 2.61. The van der Waals surface area contributed by atoms with E-state index in [1.807, 2.05) is 12.1 Å². The van der Waals surface area contributed by atoms with E-state index in [9.17, 15) is 4.79 Å². The van der Waals surface area contributed by atoms with Crippen molar-refractivity contribution in [1.29, 1.82) is 0 Å². The average Bonchev–Trinajstić information content (AvgIpc) is 2.79. The molecule has 0 radical (unpaired) electrons. The lowest BCUT2D eigenvalue weighted by Crippen LogP contribution is -2.10. The zero-order valence-corrected chi connectivity index (χ0v) is 9.19. The quantitative estimate of drug-likeness (QED) is 0.848. The van der Waals surface area contributed by atoms with E-state index < -0.39 is 5.97 Å². The molecule has 0 amide bonds. The van der Waals surface area contributed by atoms with Gasteiger partial charge in [0.2, 0.25) is 0 Å².